The van der Waals surface area contributed by atoms with Gasteiger partial charge >= 0.3 is 0 Å². The van der Waals surface area contributed by atoms with Crippen molar-refractivity contribution in [2.45, 2.75) is 51.0 Å². The Labute approximate surface area is 118 Å². The average Bonchev–Trinajstić information content (AvgIpc) is 3.11. The maximum Gasteiger partial charge on any atom is 0.00797 e. The van der Waals surface area contributed by atoms with Crippen LogP contribution in [0.1, 0.15) is 44.9 Å². The topological polar surface area (TPSA) is 18.5 Å². The normalized spacial score (nSPS) is 31.3. The van der Waals surface area contributed by atoms with Gasteiger partial charge in [-0.3, -0.25) is 0 Å². The minimum Gasteiger partial charge on any atom is -0.314 e. The van der Waals surface area contributed by atoms with Crippen LogP contribution in [0.5, 0.6) is 0 Å². The number of rotatable bonds is 5. The van der Waals surface area contributed by atoms with E-state index in [9.17, 15) is 0 Å². The Hall–Kier alpha value is -0.120. The van der Waals surface area contributed by atoms with Crippen molar-refractivity contribution in [1.29, 1.82) is 0 Å². The molecule has 3 rings (SSSR count). The number of likely N-dealkylation sites (tertiary alicyclic amines) is 2. The predicted octanol–water partition coefficient (Wildman–Crippen LogP) is 1.94. The van der Waals surface area contributed by atoms with Gasteiger partial charge in [0.2, 0.25) is 0 Å². The molecule has 0 aromatic rings. The van der Waals surface area contributed by atoms with Gasteiger partial charge in [-0.1, -0.05) is 0 Å². The van der Waals surface area contributed by atoms with E-state index >= 15 is 0 Å². The zero-order valence-electron chi connectivity index (χ0n) is 12.4. The molecule has 3 fully saturated rings. The van der Waals surface area contributed by atoms with E-state index in [4.69, 9.17) is 0 Å². The number of nitrogens with zero attached hydrogens (tertiary/aromatic N) is 2. The van der Waals surface area contributed by atoms with Crippen molar-refractivity contribution in [1.82, 2.24) is 15.1 Å². The zero-order chi connectivity index (χ0) is 12.9. The van der Waals surface area contributed by atoms with Crippen molar-refractivity contribution in [2.75, 3.05) is 45.8 Å². The average molecular weight is 265 g/mol. The van der Waals surface area contributed by atoms with Crippen LogP contribution in [0.4, 0.5) is 0 Å². The molecule has 3 heteroatoms. The van der Waals surface area contributed by atoms with Crippen molar-refractivity contribution in [3.05, 3.63) is 0 Å². The first-order valence-corrected chi connectivity index (χ1v) is 8.58. The molecule has 19 heavy (non-hydrogen) atoms. The molecule has 0 spiro atoms. The van der Waals surface area contributed by atoms with Crippen LogP contribution in [0.3, 0.4) is 0 Å². The zero-order valence-corrected chi connectivity index (χ0v) is 12.4. The molecule has 0 bridgehead atoms. The second-order valence-corrected chi connectivity index (χ2v) is 6.87. The van der Waals surface area contributed by atoms with Crippen LogP contribution < -0.4 is 5.32 Å². The number of nitrogens with one attached hydrogen (secondary N) is 1. The number of hydrogen-bond donors (Lipinski definition) is 1. The van der Waals surface area contributed by atoms with Crippen molar-refractivity contribution in [2.24, 2.45) is 5.92 Å². The number of piperidine rings is 1. The molecule has 1 atom stereocenters. The van der Waals surface area contributed by atoms with E-state index in [1.165, 1.54) is 90.8 Å². The molecule has 0 aromatic carbocycles. The molecule has 3 aliphatic heterocycles. The summed E-state index contributed by atoms with van der Waals surface area (Å²) in [4.78, 5) is 5.41. The van der Waals surface area contributed by atoms with Crippen LogP contribution in [0, 0.1) is 5.92 Å². The molecule has 110 valence electrons. The maximum absolute atomic E-state index is 3.62. The largest absolute Gasteiger partial charge is 0.314 e. The molecule has 3 saturated heterocycles. The van der Waals surface area contributed by atoms with Crippen LogP contribution in [0.2, 0.25) is 0 Å². The van der Waals surface area contributed by atoms with Crippen LogP contribution in [0.15, 0.2) is 0 Å². The molecule has 0 saturated carbocycles. The Kier molecular flexibility index (Phi) is 5.14. The van der Waals surface area contributed by atoms with Gasteiger partial charge in [-0.15, -0.1) is 0 Å². The third kappa shape index (κ3) is 4.17. The van der Waals surface area contributed by atoms with E-state index in [1.54, 1.807) is 0 Å². The molecule has 1 N–H and O–H groups in total. The van der Waals surface area contributed by atoms with Gasteiger partial charge in [0.15, 0.2) is 0 Å². The monoisotopic (exact) mass is 265 g/mol. The summed E-state index contributed by atoms with van der Waals surface area (Å²) in [6.07, 6.45) is 9.93. The molecule has 3 nitrogen and oxygen atoms in total. The summed E-state index contributed by atoms with van der Waals surface area (Å²) in [6, 6.07) is 0.822. The Morgan fingerprint density at radius 3 is 2.32 bits per heavy atom. The Morgan fingerprint density at radius 1 is 0.842 bits per heavy atom. The highest BCUT2D eigenvalue weighted by molar-refractivity contribution is 4.80. The number of hydrogen-bond acceptors (Lipinski definition) is 3. The standard InChI is InChI=1S/C16H31N3/c1-2-10-19(9-1)14-15-5-11-18(12-6-15)13-7-16-4-3-8-17-16/h15-17H,1-14H2. The van der Waals surface area contributed by atoms with Crippen LogP contribution in [-0.2, 0) is 0 Å². The van der Waals surface area contributed by atoms with Gasteiger partial charge in [-0.05, 0) is 90.1 Å². The fourth-order valence-electron chi connectivity index (χ4n) is 4.06. The molecule has 0 amide bonds. The quantitative estimate of drug-likeness (QED) is 0.819. The molecule has 0 aromatic heterocycles. The summed E-state index contributed by atoms with van der Waals surface area (Å²) in [6.45, 7) is 9.41. The molecule has 0 aliphatic carbocycles. The van der Waals surface area contributed by atoms with Crippen molar-refractivity contribution in [3.8, 4) is 0 Å². The summed E-state index contributed by atoms with van der Waals surface area (Å²) in [5.41, 5.74) is 0. The minimum absolute atomic E-state index is 0.822. The first-order valence-electron chi connectivity index (χ1n) is 8.58. The first kappa shape index (κ1) is 13.8. The summed E-state index contributed by atoms with van der Waals surface area (Å²) in [5.74, 6) is 0.985. The second kappa shape index (κ2) is 7.05. The van der Waals surface area contributed by atoms with E-state index in [-0.39, 0.29) is 0 Å². The molecule has 3 aliphatic rings. The highest BCUT2D eigenvalue weighted by atomic mass is 15.2. The van der Waals surface area contributed by atoms with Crippen molar-refractivity contribution >= 4 is 0 Å². The lowest BCUT2D eigenvalue weighted by molar-refractivity contribution is 0.150. The molecule has 1 unspecified atom stereocenters. The highest BCUT2D eigenvalue weighted by Crippen LogP contribution is 2.21. The third-order valence-electron chi connectivity index (χ3n) is 5.38. The van der Waals surface area contributed by atoms with Crippen LogP contribution in [0.25, 0.3) is 0 Å². The fourth-order valence-corrected chi connectivity index (χ4v) is 4.06. The van der Waals surface area contributed by atoms with Crippen molar-refractivity contribution in [3.63, 3.8) is 0 Å². The Morgan fingerprint density at radius 2 is 1.63 bits per heavy atom. The van der Waals surface area contributed by atoms with E-state index in [0.717, 1.165) is 12.0 Å². The smallest absolute Gasteiger partial charge is 0.00797 e. The predicted molar refractivity (Wildman–Crippen MR) is 80.5 cm³/mol. The van der Waals surface area contributed by atoms with Gasteiger partial charge in [0, 0.05) is 12.6 Å². The summed E-state index contributed by atoms with van der Waals surface area (Å²) in [7, 11) is 0. The van der Waals surface area contributed by atoms with E-state index < -0.39 is 0 Å². The lowest BCUT2D eigenvalue weighted by Gasteiger charge is -2.34. The molecule has 3 heterocycles. The Bertz CT molecular complexity index is 249. The Balaban J connectivity index is 1.30. The van der Waals surface area contributed by atoms with Gasteiger partial charge in [-0.2, -0.15) is 0 Å². The molecular weight excluding hydrogens is 234 g/mol. The van der Waals surface area contributed by atoms with Gasteiger partial charge < -0.3 is 15.1 Å². The first-order chi connectivity index (χ1) is 9.40. The van der Waals surface area contributed by atoms with E-state index in [1.807, 2.05) is 0 Å². The van der Waals surface area contributed by atoms with Gasteiger partial charge in [-0.25, -0.2) is 0 Å². The van der Waals surface area contributed by atoms with Crippen molar-refractivity contribution < 1.29 is 0 Å². The molecule has 0 radical (unpaired) electrons. The van der Waals surface area contributed by atoms with Gasteiger partial charge in [0.1, 0.15) is 0 Å². The second-order valence-electron chi connectivity index (χ2n) is 6.87. The molecular formula is C16H31N3. The maximum atomic E-state index is 3.62. The van der Waals surface area contributed by atoms with Crippen LogP contribution in [-0.4, -0.2) is 61.7 Å². The van der Waals surface area contributed by atoms with Crippen LogP contribution >= 0.6 is 0 Å². The van der Waals surface area contributed by atoms with Gasteiger partial charge in [0.25, 0.3) is 0 Å². The minimum atomic E-state index is 0.822. The summed E-state index contributed by atoms with van der Waals surface area (Å²) >= 11 is 0. The fraction of sp³-hybridized carbons (Fsp3) is 1.00. The summed E-state index contributed by atoms with van der Waals surface area (Å²) < 4.78 is 0. The van der Waals surface area contributed by atoms with E-state index in [0.29, 0.717) is 0 Å². The highest BCUT2D eigenvalue weighted by Gasteiger charge is 2.23. The lowest BCUT2D eigenvalue weighted by atomic mass is 9.96. The van der Waals surface area contributed by atoms with Gasteiger partial charge in [0.05, 0.1) is 0 Å². The summed E-state index contributed by atoms with van der Waals surface area (Å²) in [5, 5.41) is 3.62. The van der Waals surface area contributed by atoms with E-state index in [2.05, 4.69) is 15.1 Å². The lowest BCUT2D eigenvalue weighted by Crippen LogP contribution is -2.39. The third-order valence-corrected chi connectivity index (χ3v) is 5.38. The SMILES string of the molecule is C1CNC(CCN2CCC(CN3CCCC3)CC2)C1.